The summed E-state index contributed by atoms with van der Waals surface area (Å²) in [6.45, 7) is 5.80. The molecule has 0 aliphatic heterocycles. The van der Waals surface area contributed by atoms with Crippen LogP contribution in [0.2, 0.25) is 0 Å². The predicted octanol–water partition coefficient (Wildman–Crippen LogP) is 3.22. The summed E-state index contributed by atoms with van der Waals surface area (Å²) < 4.78 is 13.2. The first-order chi connectivity index (χ1) is 9.25. The zero-order valence-corrected chi connectivity index (χ0v) is 11.8. The number of hydrogen-bond donors (Lipinski definition) is 3. The van der Waals surface area contributed by atoms with Crippen molar-refractivity contribution in [1.29, 1.82) is 0 Å². The fraction of sp³-hybridized carbons (Fsp3) is 0.429. The van der Waals surface area contributed by atoms with Crippen LogP contribution in [-0.2, 0) is 0 Å². The van der Waals surface area contributed by atoms with Crippen LogP contribution in [0.15, 0.2) is 18.2 Å². The minimum Gasteiger partial charge on any atom is -0.478 e. The molecule has 0 heterocycles. The topological polar surface area (TPSA) is 78.4 Å². The lowest BCUT2D eigenvalue weighted by atomic mass is 9.99. The maximum absolute atomic E-state index is 13.2. The SMILES string of the molecule is CCCC(C)(C)NC(=O)Nc1ccc(F)c(C(=O)O)c1. The van der Waals surface area contributed by atoms with E-state index in [1.807, 2.05) is 20.8 Å². The van der Waals surface area contributed by atoms with E-state index in [9.17, 15) is 14.0 Å². The van der Waals surface area contributed by atoms with E-state index in [4.69, 9.17) is 5.11 Å². The Kier molecular flexibility index (Phi) is 5.07. The van der Waals surface area contributed by atoms with Crippen molar-refractivity contribution in [2.24, 2.45) is 0 Å². The summed E-state index contributed by atoms with van der Waals surface area (Å²) in [5.74, 6) is -2.22. The van der Waals surface area contributed by atoms with Crippen LogP contribution in [0.5, 0.6) is 0 Å². The van der Waals surface area contributed by atoms with Gasteiger partial charge in [-0.3, -0.25) is 0 Å². The minimum atomic E-state index is -1.38. The second-order valence-corrected chi connectivity index (χ2v) is 5.21. The number of benzene rings is 1. The Morgan fingerprint density at radius 2 is 2.00 bits per heavy atom. The lowest BCUT2D eigenvalue weighted by Gasteiger charge is -2.25. The average Bonchev–Trinajstić information content (AvgIpc) is 2.30. The summed E-state index contributed by atoms with van der Waals surface area (Å²) in [6.07, 6.45) is 1.73. The number of carboxylic acid groups (broad SMARTS) is 1. The Morgan fingerprint density at radius 1 is 1.35 bits per heavy atom. The number of anilines is 1. The van der Waals surface area contributed by atoms with Crippen LogP contribution in [0.4, 0.5) is 14.9 Å². The van der Waals surface area contributed by atoms with E-state index < -0.39 is 23.4 Å². The number of nitrogens with one attached hydrogen (secondary N) is 2. The number of hydrogen-bond acceptors (Lipinski definition) is 2. The van der Waals surface area contributed by atoms with E-state index in [0.29, 0.717) is 0 Å². The highest BCUT2D eigenvalue weighted by molar-refractivity contribution is 5.93. The van der Waals surface area contributed by atoms with Crippen molar-refractivity contribution < 1.29 is 19.1 Å². The Bertz CT molecular complexity index is 515. The molecule has 0 aromatic heterocycles. The number of carbonyl (C=O) groups excluding carboxylic acids is 1. The van der Waals surface area contributed by atoms with Gasteiger partial charge in [0.1, 0.15) is 5.82 Å². The molecule has 0 aliphatic carbocycles. The smallest absolute Gasteiger partial charge is 0.338 e. The van der Waals surface area contributed by atoms with Crippen molar-refractivity contribution in [3.05, 3.63) is 29.6 Å². The highest BCUT2D eigenvalue weighted by Gasteiger charge is 2.19. The molecule has 110 valence electrons. The number of halogens is 1. The first-order valence-corrected chi connectivity index (χ1v) is 6.37. The summed E-state index contributed by atoms with van der Waals surface area (Å²) in [5, 5.41) is 14.1. The third-order valence-electron chi connectivity index (χ3n) is 2.78. The van der Waals surface area contributed by atoms with Crippen molar-refractivity contribution in [3.63, 3.8) is 0 Å². The summed E-state index contributed by atoms with van der Waals surface area (Å²) >= 11 is 0. The molecule has 0 bridgehead atoms. The first kappa shape index (κ1) is 15.9. The van der Waals surface area contributed by atoms with Gasteiger partial charge < -0.3 is 15.7 Å². The maximum Gasteiger partial charge on any atom is 0.338 e. The number of carboxylic acids is 1. The highest BCUT2D eigenvalue weighted by atomic mass is 19.1. The molecule has 0 aliphatic rings. The van der Waals surface area contributed by atoms with Gasteiger partial charge in [0.15, 0.2) is 0 Å². The fourth-order valence-corrected chi connectivity index (χ4v) is 1.92. The molecule has 1 rings (SSSR count). The zero-order valence-electron chi connectivity index (χ0n) is 11.8. The summed E-state index contributed by atoms with van der Waals surface area (Å²) in [5.41, 5.74) is -0.613. The van der Waals surface area contributed by atoms with Crippen LogP contribution in [-0.4, -0.2) is 22.6 Å². The highest BCUT2D eigenvalue weighted by Crippen LogP contribution is 2.16. The second kappa shape index (κ2) is 6.36. The lowest BCUT2D eigenvalue weighted by Crippen LogP contribution is -2.45. The van der Waals surface area contributed by atoms with Gasteiger partial charge in [0.25, 0.3) is 0 Å². The van der Waals surface area contributed by atoms with E-state index in [0.717, 1.165) is 25.0 Å². The molecule has 1 aromatic carbocycles. The van der Waals surface area contributed by atoms with E-state index >= 15 is 0 Å². The van der Waals surface area contributed by atoms with E-state index in [1.54, 1.807) is 0 Å². The van der Waals surface area contributed by atoms with E-state index in [1.165, 1.54) is 6.07 Å². The number of aromatic carboxylic acids is 1. The largest absolute Gasteiger partial charge is 0.478 e. The van der Waals surface area contributed by atoms with Crippen LogP contribution in [0, 0.1) is 5.82 Å². The molecule has 0 fully saturated rings. The number of urea groups is 1. The fourth-order valence-electron chi connectivity index (χ4n) is 1.92. The monoisotopic (exact) mass is 282 g/mol. The molecular weight excluding hydrogens is 263 g/mol. The van der Waals surface area contributed by atoms with Gasteiger partial charge in [-0.1, -0.05) is 13.3 Å². The standard InChI is InChI=1S/C14H19FN2O3/c1-4-7-14(2,3)17-13(20)16-9-5-6-11(15)10(8-9)12(18)19/h5-6,8H,4,7H2,1-3H3,(H,18,19)(H2,16,17,20). The number of amides is 2. The molecule has 0 radical (unpaired) electrons. The Balaban J connectivity index is 2.76. The van der Waals surface area contributed by atoms with Gasteiger partial charge in [-0.15, -0.1) is 0 Å². The average molecular weight is 282 g/mol. The van der Waals surface area contributed by atoms with Gasteiger partial charge >= 0.3 is 12.0 Å². The minimum absolute atomic E-state index is 0.230. The van der Waals surface area contributed by atoms with Gasteiger partial charge in [-0.25, -0.2) is 14.0 Å². The van der Waals surface area contributed by atoms with Crippen LogP contribution >= 0.6 is 0 Å². The van der Waals surface area contributed by atoms with Gasteiger partial charge in [-0.05, 0) is 38.5 Å². The molecule has 0 saturated heterocycles. The summed E-state index contributed by atoms with van der Waals surface area (Å²) in [4.78, 5) is 22.6. The molecule has 3 N–H and O–H groups in total. The van der Waals surface area contributed by atoms with Gasteiger partial charge in [-0.2, -0.15) is 0 Å². The van der Waals surface area contributed by atoms with Crippen molar-refractivity contribution in [2.45, 2.75) is 39.2 Å². The molecular formula is C14H19FN2O3. The van der Waals surface area contributed by atoms with Gasteiger partial charge in [0.2, 0.25) is 0 Å². The molecule has 0 saturated carbocycles. The Hall–Kier alpha value is -2.11. The van der Waals surface area contributed by atoms with Gasteiger partial charge in [0.05, 0.1) is 5.56 Å². The predicted molar refractivity (Wildman–Crippen MR) is 74.5 cm³/mol. The molecule has 20 heavy (non-hydrogen) atoms. The van der Waals surface area contributed by atoms with Crippen molar-refractivity contribution >= 4 is 17.7 Å². The molecule has 1 aromatic rings. The first-order valence-electron chi connectivity index (χ1n) is 6.37. The van der Waals surface area contributed by atoms with Crippen molar-refractivity contribution in [1.82, 2.24) is 5.32 Å². The normalized spacial score (nSPS) is 11.0. The number of carbonyl (C=O) groups is 2. The molecule has 2 amide bonds. The summed E-state index contributed by atoms with van der Waals surface area (Å²) in [6, 6.07) is 2.96. The van der Waals surface area contributed by atoms with Crippen LogP contribution in [0.25, 0.3) is 0 Å². The maximum atomic E-state index is 13.2. The third kappa shape index (κ3) is 4.53. The molecule has 0 atom stereocenters. The zero-order chi connectivity index (χ0) is 15.3. The molecule has 6 heteroatoms. The Morgan fingerprint density at radius 3 is 2.55 bits per heavy atom. The van der Waals surface area contributed by atoms with Crippen molar-refractivity contribution in [3.8, 4) is 0 Å². The van der Waals surface area contributed by atoms with Crippen LogP contribution < -0.4 is 10.6 Å². The molecule has 0 unspecified atom stereocenters. The number of rotatable bonds is 5. The quantitative estimate of drug-likeness (QED) is 0.775. The summed E-state index contributed by atoms with van der Waals surface area (Å²) in [7, 11) is 0. The second-order valence-electron chi connectivity index (χ2n) is 5.21. The van der Waals surface area contributed by atoms with Crippen LogP contribution in [0.1, 0.15) is 44.0 Å². The van der Waals surface area contributed by atoms with Crippen molar-refractivity contribution in [2.75, 3.05) is 5.32 Å². The van der Waals surface area contributed by atoms with Gasteiger partial charge in [0, 0.05) is 11.2 Å². The molecule has 5 nitrogen and oxygen atoms in total. The third-order valence-corrected chi connectivity index (χ3v) is 2.78. The van der Waals surface area contributed by atoms with E-state index in [2.05, 4.69) is 10.6 Å². The van der Waals surface area contributed by atoms with Crippen LogP contribution in [0.3, 0.4) is 0 Å². The Labute approximate surface area is 117 Å². The van der Waals surface area contributed by atoms with E-state index in [-0.39, 0.29) is 11.2 Å². The lowest BCUT2D eigenvalue weighted by molar-refractivity contribution is 0.0692. The molecule has 0 spiro atoms.